The van der Waals surface area contributed by atoms with Crippen LogP contribution >= 0.6 is 0 Å². The fourth-order valence-electron chi connectivity index (χ4n) is 1.73. The van der Waals surface area contributed by atoms with Gasteiger partial charge < -0.3 is 14.2 Å². The van der Waals surface area contributed by atoms with E-state index in [0.29, 0.717) is 0 Å². The van der Waals surface area contributed by atoms with Gasteiger partial charge in [-0.1, -0.05) is 33.3 Å². The molecule has 18 heavy (non-hydrogen) atoms. The molecule has 1 aromatic carbocycles. The normalized spacial score (nSPS) is 13.0. The predicted octanol–water partition coefficient (Wildman–Crippen LogP) is 3.78. The molecule has 1 aliphatic rings. The molecule has 0 saturated carbocycles. The second kappa shape index (κ2) is 7.44. The van der Waals surface area contributed by atoms with Crippen molar-refractivity contribution >= 4 is 0 Å². The van der Waals surface area contributed by atoms with Crippen molar-refractivity contribution in [1.29, 1.82) is 5.26 Å². The number of benzene rings is 1. The molecular formula is C14H19NO3. The minimum Gasteiger partial charge on any atom is -0.454 e. The first-order valence-electron chi connectivity index (χ1n) is 6.29. The SMILES string of the molecule is CC.CCCC(OC#N)c1ccc2c(c1)OCO2. The van der Waals surface area contributed by atoms with E-state index in [1.165, 1.54) is 0 Å². The fraction of sp³-hybridized carbons (Fsp3) is 0.500. The Labute approximate surface area is 108 Å². The van der Waals surface area contributed by atoms with Crippen LogP contribution < -0.4 is 9.47 Å². The number of fused-ring (bicyclic) bond motifs is 1. The van der Waals surface area contributed by atoms with E-state index in [9.17, 15) is 0 Å². The molecule has 0 fully saturated rings. The van der Waals surface area contributed by atoms with Crippen molar-refractivity contribution in [1.82, 2.24) is 0 Å². The van der Waals surface area contributed by atoms with E-state index < -0.39 is 0 Å². The van der Waals surface area contributed by atoms with Crippen LogP contribution in [0.25, 0.3) is 0 Å². The second-order valence-electron chi connectivity index (χ2n) is 3.60. The molecule has 0 radical (unpaired) electrons. The van der Waals surface area contributed by atoms with Gasteiger partial charge in [-0.05, 0) is 24.1 Å². The number of ether oxygens (including phenoxy) is 3. The van der Waals surface area contributed by atoms with E-state index in [2.05, 4.69) is 6.92 Å². The molecule has 1 unspecified atom stereocenters. The summed E-state index contributed by atoms with van der Waals surface area (Å²) in [5.41, 5.74) is 0.952. The molecule has 1 aromatic rings. The monoisotopic (exact) mass is 249 g/mol. The van der Waals surface area contributed by atoms with Crippen LogP contribution in [-0.2, 0) is 4.74 Å². The van der Waals surface area contributed by atoms with Crippen molar-refractivity contribution in [2.75, 3.05) is 6.79 Å². The number of nitrogens with zero attached hydrogens (tertiary/aromatic N) is 1. The highest BCUT2D eigenvalue weighted by Crippen LogP contribution is 2.35. The summed E-state index contributed by atoms with van der Waals surface area (Å²) < 4.78 is 15.5. The molecule has 98 valence electrons. The Balaban J connectivity index is 0.000000771. The lowest BCUT2D eigenvalue weighted by atomic mass is 10.0. The lowest BCUT2D eigenvalue weighted by Gasteiger charge is -2.13. The largest absolute Gasteiger partial charge is 0.454 e. The van der Waals surface area contributed by atoms with Gasteiger partial charge in [-0.15, -0.1) is 0 Å². The molecule has 0 bridgehead atoms. The highest BCUT2D eigenvalue weighted by Gasteiger charge is 2.18. The van der Waals surface area contributed by atoms with Gasteiger partial charge in [0, 0.05) is 0 Å². The minimum absolute atomic E-state index is 0.190. The van der Waals surface area contributed by atoms with Crippen LogP contribution in [0.2, 0.25) is 0 Å². The molecule has 4 heteroatoms. The lowest BCUT2D eigenvalue weighted by Crippen LogP contribution is -2.00. The Hall–Kier alpha value is -1.89. The van der Waals surface area contributed by atoms with E-state index in [0.717, 1.165) is 29.9 Å². The Morgan fingerprint density at radius 2 is 2.06 bits per heavy atom. The number of nitriles is 1. The van der Waals surface area contributed by atoms with Crippen molar-refractivity contribution < 1.29 is 14.2 Å². The molecule has 1 atom stereocenters. The van der Waals surface area contributed by atoms with E-state index in [1.54, 1.807) is 6.26 Å². The summed E-state index contributed by atoms with van der Waals surface area (Å²) in [7, 11) is 0. The van der Waals surface area contributed by atoms with Gasteiger partial charge in [-0.2, -0.15) is 5.26 Å². The molecule has 1 aliphatic heterocycles. The quantitative estimate of drug-likeness (QED) is 0.762. The zero-order chi connectivity index (χ0) is 13.4. The smallest absolute Gasteiger partial charge is 0.286 e. The second-order valence-corrected chi connectivity index (χ2v) is 3.60. The topological polar surface area (TPSA) is 51.5 Å². The van der Waals surface area contributed by atoms with Crippen LogP contribution in [0.3, 0.4) is 0 Å². The molecule has 2 rings (SSSR count). The van der Waals surface area contributed by atoms with Crippen molar-refractivity contribution in [2.45, 2.75) is 39.7 Å². The van der Waals surface area contributed by atoms with E-state index in [-0.39, 0.29) is 12.9 Å². The first-order valence-corrected chi connectivity index (χ1v) is 6.29. The van der Waals surface area contributed by atoms with Crippen LogP contribution in [0.4, 0.5) is 0 Å². The van der Waals surface area contributed by atoms with E-state index in [4.69, 9.17) is 19.5 Å². The summed E-state index contributed by atoms with van der Waals surface area (Å²) in [4.78, 5) is 0. The summed E-state index contributed by atoms with van der Waals surface area (Å²) in [5, 5.41) is 8.59. The van der Waals surface area contributed by atoms with Crippen LogP contribution in [0.1, 0.15) is 45.3 Å². The van der Waals surface area contributed by atoms with Crippen LogP contribution in [-0.4, -0.2) is 6.79 Å². The molecule has 1 heterocycles. The summed E-state index contributed by atoms with van der Waals surface area (Å²) in [6.45, 7) is 6.32. The molecule has 0 aromatic heterocycles. The van der Waals surface area contributed by atoms with Gasteiger partial charge in [0.2, 0.25) is 6.79 Å². The summed E-state index contributed by atoms with van der Waals surface area (Å²) in [5.74, 6) is 1.47. The number of hydrogen-bond donors (Lipinski definition) is 0. The first-order chi connectivity index (χ1) is 8.85. The molecule has 4 nitrogen and oxygen atoms in total. The van der Waals surface area contributed by atoms with E-state index in [1.807, 2.05) is 32.0 Å². The van der Waals surface area contributed by atoms with Gasteiger partial charge in [0.15, 0.2) is 11.5 Å². The molecule has 0 amide bonds. The first kappa shape index (κ1) is 14.2. The van der Waals surface area contributed by atoms with Crippen LogP contribution in [0, 0.1) is 11.5 Å². The van der Waals surface area contributed by atoms with Gasteiger partial charge in [-0.25, -0.2) is 0 Å². The third-order valence-electron chi connectivity index (χ3n) is 2.51. The third kappa shape index (κ3) is 3.30. The number of hydrogen-bond acceptors (Lipinski definition) is 4. The van der Waals surface area contributed by atoms with Gasteiger partial charge in [0.25, 0.3) is 6.26 Å². The molecule has 0 aliphatic carbocycles. The van der Waals surface area contributed by atoms with Crippen molar-refractivity contribution in [3.05, 3.63) is 23.8 Å². The van der Waals surface area contributed by atoms with Gasteiger partial charge in [-0.3, -0.25) is 0 Å². The zero-order valence-corrected chi connectivity index (χ0v) is 11.1. The minimum atomic E-state index is -0.190. The maximum absolute atomic E-state index is 8.59. The maximum atomic E-state index is 8.59. The summed E-state index contributed by atoms with van der Waals surface area (Å²) in [6, 6.07) is 5.63. The number of rotatable bonds is 4. The average Bonchev–Trinajstić information content (AvgIpc) is 2.88. The standard InChI is InChI=1S/C12H13NO3.C2H6/c1-2-3-10(14-7-13)9-4-5-11-12(6-9)16-8-15-11;1-2/h4-6,10H,2-3,8H2,1H3;1-2H3. The van der Waals surface area contributed by atoms with Gasteiger partial charge >= 0.3 is 0 Å². The average molecular weight is 249 g/mol. The molecule has 0 N–H and O–H groups in total. The van der Waals surface area contributed by atoms with E-state index >= 15 is 0 Å². The third-order valence-corrected chi connectivity index (χ3v) is 2.51. The lowest BCUT2D eigenvalue weighted by molar-refractivity contribution is 0.152. The Morgan fingerprint density at radius 1 is 1.33 bits per heavy atom. The Kier molecular flexibility index (Phi) is 5.86. The molecule has 0 saturated heterocycles. The summed E-state index contributed by atoms with van der Waals surface area (Å²) in [6.07, 6.45) is 3.33. The van der Waals surface area contributed by atoms with Gasteiger partial charge in [0.05, 0.1) is 0 Å². The van der Waals surface area contributed by atoms with Gasteiger partial charge in [0.1, 0.15) is 6.10 Å². The fourth-order valence-corrected chi connectivity index (χ4v) is 1.73. The summed E-state index contributed by atoms with van der Waals surface area (Å²) >= 11 is 0. The predicted molar refractivity (Wildman–Crippen MR) is 68.3 cm³/mol. The maximum Gasteiger partial charge on any atom is 0.286 e. The van der Waals surface area contributed by atoms with Crippen molar-refractivity contribution in [2.24, 2.45) is 0 Å². The highest BCUT2D eigenvalue weighted by molar-refractivity contribution is 5.45. The zero-order valence-electron chi connectivity index (χ0n) is 11.1. The molecular weight excluding hydrogens is 230 g/mol. The van der Waals surface area contributed by atoms with Crippen LogP contribution in [0.15, 0.2) is 18.2 Å². The Morgan fingerprint density at radius 3 is 2.72 bits per heavy atom. The Bertz CT molecular complexity index is 412. The van der Waals surface area contributed by atoms with Crippen LogP contribution in [0.5, 0.6) is 11.5 Å². The van der Waals surface area contributed by atoms with Crippen molar-refractivity contribution in [3.8, 4) is 17.8 Å². The molecule has 0 spiro atoms. The highest BCUT2D eigenvalue weighted by atomic mass is 16.7. The van der Waals surface area contributed by atoms with Crippen molar-refractivity contribution in [3.63, 3.8) is 0 Å².